The number of pyridine rings is 1. The van der Waals surface area contributed by atoms with Gasteiger partial charge in [-0.1, -0.05) is 20.8 Å². The molecule has 1 rings (SSSR count). The summed E-state index contributed by atoms with van der Waals surface area (Å²) in [5, 5.41) is 0. The lowest BCUT2D eigenvalue weighted by molar-refractivity contribution is 0.409. The van der Waals surface area contributed by atoms with Gasteiger partial charge in [-0.3, -0.25) is 4.98 Å². The van der Waals surface area contributed by atoms with Gasteiger partial charge in [0.05, 0.1) is 13.3 Å². The Hall–Kier alpha value is -1.05. The fourth-order valence-corrected chi connectivity index (χ4v) is 1.11. The quantitative estimate of drug-likeness (QED) is 0.699. The minimum atomic E-state index is 0.879. The summed E-state index contributed by atoms with van der Waals surface area (Å²) in [6, 6.07) is 0. The van der Waals surface area contributed by atoms with E-state index >= 15 is 0 Å². The summed E-state index contributed by atoms with van der Waals surface area (Å²) in [4.78, 5) is 4.06. The van der Waals surface area contributed by atoms with Crippen molar-refractivity contribution in [1.82, 2.24) is 4.98 Å². The van der Waals surface area contributed by atoms with Gasteiger partial charge in [-0.05, 0) is 24.5 Å². The van der Waals surface area contributed by atoms with Crippen LogP contribution >= 0.6 is 0 Å². The second kappa shape index (κ2) is 6.46. The molecular weight excluding hydrogens is 162 g/mol. The Morgan fingerprint density at radius 1 is 1.31 bits per heavy atom. The molecule has 0 aliphatic carbocycles. The lowest BCUT2D eigenvalue weighted by Crippen LogP contribution is -1.93. The number of methoxy groups -OCH3 is 1. The van der Waals surface area contributed by atoms with Crippen molar-refractivity contribution < 1.29 is 4.74 Å². The van der Waals surface area contributed by atoms with Gasteiger partial charge >= 0.3 is 0 Å². The Kier molecular flexibility index (Phi) is 5.94. The number of rotatable bonds is 2. The fraction of sp³-hybridized carbons (Fsp3) is 0.545. The van der Waals surface area contributed by atoms with E-state index in [2.05, 4.69) is 18.8 Å². The Morgan fingerprint density at radius 2 is 1.92 bits per heavy atom. The van der Waals surface area contributed by atoms with Gasteiger partial charge in [-0.2, -0.15) is 0 Å². The molecule has 2 heteroatoms. The normalized spacial score (nSPS) is 8.69. The van der Waals surface area contributed by atoms with E-state index in [-0.39, 0.29) is 0 Å². The van der Waals surface area contributed by atoms with E-state index in [9.17, 15) is 0 Å². The molecule has 0 aromatic carbocycles. The monoisotopic (exact) mass is 181 g/mol. The zero-order valence-electron chi connectivity index (χ0n) is 9.22. The van der Waals surface area contributed by atoms with Crippen LogP contribution in [0.1, 0.15) is 31.9 Å². The van der Waals surface area contributed by atoms with Crippen molar-refractivity contribution >= 4 is 0 Å². The Balaban J connectivity index is 0.000000671. The van der Waals surface area contributed by atoms with Crippen LogP contribution in [0.5, 0.6) is 5.75 Å². The molecule has 0 radical (unpaired) electrons. The maximum atomic E-state index is 5.12. The highest BCUT2D eigenvalue weighted by Crippen LogP contribution is 2.18. The first-order valence-electron chi connectivity index (χ1n) is 4.77. The average molecular weight is 181 g/mol. The van der Waals surface area contributed by atoms with Crippen LogP contribution in [0, 0.1) is 6.92 Å². The van der Waals surface area contributed by atoms with Crippen molar-refractivity contribution in [3.63, 3.8) is 0 Å². The van der Waals surface area contributed by atoms with E-state index in [1.165, 1.54) is 11.1 Å². The molecule has 0 unspecified atom stereocenters. The highest BCUT2D eigenvalue weighted by Gasteiger charge is 2.01. The summed E-state index contributed by atoms with van der Waals surface area (Å²) in [5.74, 6) is 0.879. The van der Waals surface area contributed by atoms with Crippen molar-refractivity contribution in [2.45, 2.75) is 34.1 Å². The predicted octanol–water partition coefficient (Wildman–Crippen LogP) is 2.99. The molecule has 74 valence electrons. The topological polar surface area (TPSA) is 22.1 Å². The molecule has 0 atom stereocenters. The summed E-state index contributed by atoms with van der Waals surface area (Å²) >= 11 is 0. The third-order valence-electron chi connectivity index (χ3n) is 1.87. The minimum Gasteiger partial charge on any atom is -0.495 e. The molecule has 0 aliphatic rings. The van der Waals surface area contributed by atoms with Crippen LogP contribution in [0.25, 0.3) is 0 Å². The van der Waals surface area contributed by atoms with E-state index in [0.717, 1.165) is 12.2 Å². The molecule has 0 amide bonds. The number of ether oxygens (including phenoxy) is 1. The van der Waals surface area contributed by atoms with Gasteiger partial charge in [-0.25, -0.2) is 0 Å². The first-order chi connectivity index (χ1) is 6.29. The Morgan fingerprint density at radius 3 is 2.38 bits per heavy atom. The SMILES string of the molecule is CC.CCc1cncc(OC)c1C. The molecule has 13 heavy (non-hydrogen) atoms. The van der Waals surface area contributed by atoms with E-state index in [1.54, 1.807) is 13.3 Å². The van der Waals surface area contributed by atoms with Gasteiger partial charge in [0.2, 0.25) is 0 Å². The Labute approximate surface area is 81.0 Å². The van der Waals surface area contributed by atoms with Crippen LogP contribution in [-0.4, -0.2) is 12.1 Å². The van der Waals surface area contributed by atoms with Crippen molar-refractivity contribution in [3.8, 4) is 5.75 Å². The summed E-state index contributed by atoms with van der Waals surface area (Å²) in [6.07, 6.45) is 4.64. The highest BCUT2D eigenvalue weighted by molar-refractivity contribution is 5.35. The number of aromatic nitrogens is 1. The number of nitrogens with zero attached hydrogens (tertiary/aromatic N) is 1. The van der Waals surface area contributed by atoms with E-state index in [4.69, 9.17) is 4.74 Å². The molecular formula is C11H19NO. The lowest BCUT2D eigenvalue weighted by atomic mass is 10.1. The molecule has 0 aliphatic heterocycles. The molecule has 0 saturated carbocycles. The van der Waals surface area contributed by atoms with Crippen LogP contribution in [0.4, 0.5) is 0 Å². The van der Waals surface area contributed by atoms with Gasteiger partial charge < -0.3 is 4.74 Å². The maximum Gasteiger partial charge on any atom is 0.140 e. The Bertz CT molecular complexity index is 224. The number of hydrogen-bond donors (Lipinski definition) is 0. The molecule has 1 aromatic rings. The maximum absolute atomic E-state index is 5.12. The summed E-state index contributed by atoms with van der Waals surface area (Å²) in [6.45, 7) is 8.17. The smallest absolute Gasteiger partial charge is 0.140 e. The first kappa shape index (κ1) is 11.9. The van der Waals surface area contributed by atoms with Crippen molar-refractivity contribution in [2.75, 3.05) is 7.11 Å². The average Bonchev–Trinajstić information content (AvgIpc) is 2.21. The summed E-state index contributed by atoms with van der Waals surface area (Å²) in [5.41, 5.74) is 2.45. The van der Waals surface area contributed by atoms with Crippen LogP contribution in [0.3, 0.4) is 0 Å². The second-order valence-electron chi connectivity index (χ2n) is 2.48. The summed E-state index contributed by atoms with van der Waals surface area (Å²) < 4.78 is 5.12. The van der Waals surface area contributed by atoms with Gasteiger partial charge in [0, 0.05) is 6.20 Å². The van der Waals surface area contributed by atoms with Crippen molar-refractivity contribution in [3.05, 3.63) is 23.5 Å². The molecule has 2 nitrogen and oxygen atoms in total. The lowest BCUT2D eigenvalue weighted by Gasteiger charge is -2.06. The number of aryl methyl sites for hydroxylation is 1. The second-order valence-corrected chi connectivity index (χ2v) is 2.48. The predicted molar refractivity (Wildman–Crippen MR) is 56.3 cm³/mol. The van der Waals surface area contributed by atoms with Crippen molar-refractivity contribution in [2.24, 2.45) is 0 Å². The van der Waals surface area contributed by atoms with Gasteiger partial charge in [0.15, 0.2) is 0 Å². The molecule has 0 fully saturated rings. The van der Waals surface area contributed by atoms with E-state index in [0.29, 0.717) is 0 Å². The van der Waals surface area contributed by atoms with Crippen LogP contribution in [-0.2, 0) is 6.42 Å². The first-order valence-corrected chi connectivity index (χ1v) is 4.77. The molecule has 0 saturated heterocycles. The van der Waals surface area contributed by atoms with Gasteiger partial charge in [0.1, 0.15) is 5.75 Å². The van der Waals surface area contributed by atoms with Crippen molar-refractivity contribution in [1.29, 1.82) is 0 Å². The van der Waals surface area contributed by atoms with Gasteiger partial charge in [-0.15, -0.1) is 0 Å². The van der Waals surface area contributed by atoms with Crippen LogP contribution in [0.15, 0.2) is 12.4 Å². The third-order valence-corrected chi connectivity index (χ3v) is 1.87. The minimum absolute atomic E-state index is 0.879. The standard InChI is InChI=1S/C9H13NO.C2H6/c1-4-8-5-10-6-9(11-3)7(8)2;1-2/h5-6H,4H2,1-3H3;1-2H3. The van der Waals surface area contributed by atoms with Gasteiger partial charge in [0.25, 0.3) is 0 Å². The fourth-order valence-electron chi connectivity index (χ4n) is 1.11. The van der Waals surface area contributed by atoms with Crippen LogP contribution in [0.2, 0.25) is 0 Å². The van der Waals surface area contributed by atoms with Crippen LogP contribution < -0.4 is 4.74 Å². The largest absolute Gasteiger partial charge is 0.495 e. The molecule has 0 N–H and O–H groups in total. The summed E-state index contributed by atoms with van der Waals surface area (Å²) in [7, 11) is 1.67. The molecule has 0 spiro atoms. The van der Waals surface area contributed by atoms with E-state index in [1.807, 2.05) is 20.0 Å². The molecule has 1 aromatic heterocycles. The molecule has 1 heterocycles. The zero-order chi connectivity index (χ0) is 10.3. The number of hydrogen-bond acceptors (Lipinski definition) is 2. The molecule has 0 bridgehead atoms. The third kappa shape index (κ3) is 3.05. The zero-order valence-corrected chi connectivity index (χ0v) is 9.22. The highest BCUT2D eigenvalue weighted by atomic mass is 16.5. The van der Waals surface area contributed by atoms with E-state index < -0.39 is 0 Å².